The summed E-state index contributed by atoms with van der Waals surface area (Å²) in [5, 5.41) is 12.4. The van der Waals surface area contributed by atoms with Crippen molar-refractivity contribution in [2.24, 2.45) is 0 Å². The van der Waals surface area contributed by atoms with Crippen LogP contribution in [0.15, 0.2) is 39.9 Å². The highest BCUT2D eigenvalue weighted by Gasteiger charge is 2.20. The highest BCUT2D eigenvalue weighted by Crippen LogP contribution is 2.22. The first-order chi connectivity index (χ1) is 13.2. The Balaban J connectivity index is 2.23. The molecule has 0 aliphatic heterocycles. The van der Waals surface area contributed by atoms with Gasteiger partial charge in [0.15, 0.2) is 0 Å². The second kappa shape index (κ2) is 9.67. The Hall–Kier alpha value is -2.43. The quantitative estimate of drug-likeness (QED) is 0.529. The summed E-state index contributed by atoms with van der Waals surface area (Å²) in [6.45, 7) is 2.43. The van der Waals surface area contributed by atoms with Crippen molar-refractivity contribution in [1.29, 1.82) is 0 Å². The molecule has 0 bridgehead atoms. The third-order valence-corrected chi connectivity index (χ3v) is 6.33. The van der Waals surface area contributed by atoms with Gasteiger partial charge in [0.25, 0.3) is 5.91 Å². The zero-order valence-corrected chi connectivity index (χ0v) is 17.6. The summed E-state index contributed by atoms with van der Waals surface area (Å²) in [7, 11) is -0.829. The summed E-state index contributed by atoms with van der Waals surface area (Å²) in [6, 6.07) is 6.43. The van der Waals surface area contributed by atoms with E-state index >= 15 is 0 Å². The zero-order chi connectivity index (χ0) is 20.7. The minimum Gasteiger partial charge on any atom is -0.381 e. The first kappa shape index (κ1) is 21.9. The largest absolute Gasteiger partial charge is 0.381 e. The number of anilines is 1. The summed E-state index contributed by atoms with van der Waals surface area (Å²) in [4.78, 5) is 23.4. The predicted molar refractivity (Wildman–Crippen MR) is 110 cm³/mol. The minimum atomic E-state index is -3.71. The molecular formula is C18H24N4O4S2. The van der Waals surface area contributed by atoms with E-state index in [9.17, 15) is 18.0 Å². The normalized spacial score (nSPS) is 11.3. The van der Waals surface area contributed by atoms with Gasteiger partial charge in [-0.2, -0.15) is 11.3 Å². The van der Waals surface area contributed by atoms with E-state index in [4.69, 9.17) is 0 Å². The van der Waals surface area contributed by atoms with E-state index in [1.807, 2.05) is 16.8 Å². The molecule has 2 rings (SSSR count). The van der Waals surface area contributed by atoms with E-state index in [0.717, 1.165) is 9.87 Å². The molecule has 0 aliphatic rings. The fourth-order valence-corrected chi connectivity index (χ4v) is 3.95. The van der Waals surface area contributed by atoms with E-state index in [-0.39, 0.29) is 22.9 Å². The van der Waals surface area contributed by atoms with Crippen molar-refractivity contribution in [3.63, 3.8) is 0 Å². The van der Waals surface area contributed by atoms with Crippen LogP contribution >= 0.6 is 11.3 Å². The van der Waals surface area contributed by atoms with Crippen LogP contribution in [0.5, 0.6) is 0 Å². The van der Waals surface area contributed by atoms with Crippen molar-refractivity contribution in [2.45, 2.75) is 18.4 Å². The SMILES string of the molecule is CC(=O)NCCNC(=O)c1cc(NCc2ccsc2)cc(S(=O)(=O)N(C)C)c1. The average Bonchev–Trinajstić information content (AvgIpc) is 3.16. The fraction of sp³-hybridized carbons (Fsp3) is 0.333. The molecule has 0 aliphatic carbocycles. The number of hydrogen-bond acceptors (Lipinski definition) is 6. The molecule has 0 radical (unpaired) electrons. The lowest BCUT2D eigenvalue weighted by Crippen LogP contribution is -2.33. The number of nitrogens with zero attached hydrogens (tertiary/aromatic N) is 1. The molecule has 1 aromatic heterocycles. The molecule has 0 unspecified atom stereocenters. The lowest BCUT2D eigenvalue weighted by Gasteiger charge is -2.15. The predicted octanol–water partition coefficient (Wildman–Crippen LogP) is 1.48. The molecule has 0 spiro atoms. The number of amides is 2. The molecule has 3 N–H and O–H groups in total. The first-order valence-corrected chi connectivity index (χ1v) is 10.9. The number of carbonyl (C=O) groups excluding carboxylic acids is 2. The van der Waals surface area contributed by atoms with Crippen molar-refractivity contribution < 1.29 is 18.0 Å². The number of nitrogens with one attached hydrogen (secondary N) is 3. The van der Waals surface area contributed by atoms with Gasteiger partial charge in [-0.15, -0.1) is 0 Å². The van der Waals surface area contributed by atoms with E-state index in [2.05, 4.69) is 16.0 Å². The average molecular weight is 425 g/mol. The molecule has 1 aromatic carbocycles. The third-order valence-electron chi connectivity index (χ3n) is 3.81. The van der Waals surface area contributed by atoms with E-state index in [1.54, 1.807) is 17.4 Å². The van der Waals surface area contributed by atoms with Crippen LogP contribution in [0.25, 0.3) is 0 Å². The number of thiophene rings is 1. The van der Waals surface area contributed by atoms with Crippen LogP contribution in [0, 0.1) is 0 Å². The van der Waals surface area contributed by atoms with Crippen molar-refractivity contribution in [3.05, 3.63) is 46.2 Å². The molecule has 2 aromatic rings. The summed E-state index contributed by atoms with van der Waals surface area (Å²) in [5.74, 6) is -0.604. The van der Waals surface area contributed by atoms with Crippen LogP contribution in [-0.4, -0.2) is 51.7 Å². The summed E-state index contributed by atoms with van der Waals surface area (Å²) >= 11 is 1.57. The summed E-state index contributed by atoms with van der Waals surface area (Å²) < 4.78 is 26.2. The fourth-order valence-electron chi connectivity index (χ4n) is 2.31. The van der Waals surface area contributed by atoms with Gasteiger partial charge in [0.1, 0.15) is 0 Å². The Morgan fingerprint density at radius 1 is 1.11 bits per heavy atom. The van der Waals surface area contributed by atoms with Crippen LogP contribution in [0.4, 0.5) is 5.69 Å². The maximum atomic E-state index is 12.5. The molecule has 0 fully saturated rings. The lowest BCUT2D eigenvalue weighted by atomic mass is 10.2. The first-order valence-electron chi connectivity index (χ1n) is 8.55. The van der Waals surface area contributed by atoms with E-state index in [0.29, 0.717) is 18.8 Å². The van der Waals surface area contributed by atoms with Gasteiger partial charge in [0, 0.05) is 51.9 Å². The van der Waals surface area contributed by atoms with Gasteiger partial charge >= 0.3 is 0 Å². The smallest absolute Gasteiger partial charge is 0.251 e. The molecule has 0 saturated heterocycles. The number of benzene rings is 1. The summed E-state index contributed by atoms with van der Waals surface area (Å²) in [6.07, 6.45) is 0. The van der Waals surface area contributed by atoms with Crippen LogP contribution in [0.1, 0.15) is 22.8 Å². The molecule has 8 nitrogen and oxygen atoms in total. The molecule has 0 saturated carbocycles. The Bertz CT molecular complexity index is 925. The van der Waals surface area contributed by atoms with Crippen molar-refractivity contribution in [2.75, 3.05) is 32.5 Å². The van der Waals surface area contributed by atoms with E-state index < -0.39 is 15.9 Å². The van der Waals surface area contributed by atoms with Crippen LogP contribution in [-0.2, 0) is 21.4 Å². The van der Waals surface area contributed by atoms with Gasteiger partial charge < -0.3 is 16.0 Å². The van der Waals surface area contributed by atoms with E-state index in [1.165, 1.54) is 33.2 Å². The summed E-state index contributed by atoms with van der Waals surface area (Å²) in [5.41, 5.74) is 1.81. The van der Waals surface area contributed by atoms with Crippen LogP contribution in [0.3, 0.4) is 0 Å². The monoisotopic (exact) mass is 424 g/mol. The van der Waals surface area contributed by atoms with Gasteiger partial charge in [-0.05, 0) is 40.6 Å². The Morgan fingerprint density at radius 3 is 2.43 bits per heavy atom. The second-order valence-electron chi connectivity index (χ2n) is 6.26. The van der Waals surface area contributed by atoms with Gasteiger partial charge in [0.05, 0.1) is 4.90 Å². The highest BCUT2D eigenvalue weighted by molar-refractivity contribution is 7.89. The zero-order valence-electron chi connectivity index (χ0n) is 16.0. The lowest BCUT2D eigenvalue weighted by molar-refractivity contribution is -0.118. The third kappa shape index (κ3) is 6.04. The molecule has 10 heteroatoms. The van der Waals surface area contributed by atoms with Gasteiger partial charge in [-0.3, -0.25) is 9.59 Å². The Morgan fingerprint density at radius 2 is 1.82 bits per heavy atom. The second-order valence-corrected chi connectivity index (χ2v) is 9.19. The van der Waals surface area contributed by atoms with Crippen molar-refractivity contribution in [3.8, 4) is 0 Å². The van der Waals surface area contributed by atoms with Crippen LogP contribution in [0.2, 0.25) is 0 Å². The molecule has 2 amide bonds. The highest BCUT2D eigenvalue weighted by atomic mass is 32.2. The minimum absolute atomic E-state index is 0.0276. The van der Waals surface area contributed by atoms with Crippen molar-refractivity contribution in [1.82, 2.24) is 14.9 Å². The molecule has 0 atom stereocenters. The molecular weight excluding hydrogens is 400 g/mol. The Kier molecular flexibility index (Phi) is 7.55. The molecule has 1 heterocycles. The molecule has 28 heavy (non-hydrogen) atoms. The van der Waals surface area contributed by atoms with Crippen molar-refractivity contribution >= 4 is 38.9 Å². The van der Waals surface area contributed by atoms with Gasteiger partial charge in [0.2, 0.25) is 15.9 Å². The Labute approximate surface area is 169 Å². The van der Waals surface area contributed by atoms with Gasteiger partial charge in [-0.25, -0.2) is 12.7 Å². The van der Waals surface area contributed by atoms with Crippen LogP contribution < -0.4 is 16.0 Å². The topological polar surface area (TPSA) is 108 Å². The maximum absolute atomic E-state index is 12.5. The number of carbonyl (C=O) groups is 2. The number of hydrogen-bond donors (Lipinski definition) is 3. The maximum Gasteiger partial charge on any atom is 0.251 e. The van der Waals surface area contributed by atoms with Gasteiger partial charge in [-0.1, -0.05) is 0 Å². The number of rotatable bonds is 9. The molecule has 152 valence electrons. The number of sulfonamides is 1. The standard InChI is InChI=1S/C18H24N4O4S2/c1-13(23)19-5-6-20-18(24)15-8-16(21-11-14-4-7-27-12-14)10-17(9-15)28(25,26)22(2)3/h4,7-10,12,21H,5-6,11H2,1-3H3,(H,19,23)(H,20,24).